The Bertz CT molecular complexity index is 456. The third kappa shape index (κ3) is 2.67. The summed E-state index contributed by atoms with van der Waals surface area (Å²) in [5, 5.41) is 0. The van der Waals surface area contributed by atoms with Crippen LogP contribution in [0.15, 0.2) is 42.9 Å². The average molecular weight is 277 g/mol. The first-order valence-electron chi connectivity index (χ1n) is 5.22. The van der Waals surface area contributed by atoms with E-state index in [0.29, 0.717) is 0 Å². The van der Waals surface area contributed by atoms with Crippen molar-refractivity contribution < 1.29 is 0 Å². The molecule has 1 unspecified atom stereocenters. The van der Waals surface area contributed by atoms with E-state index in [1.807, 2.05) is 24.5 Å². The molecule has 0 amide bonds. The normalized spacial score (nSPS) is 12.4. The van der Waals surface area contributed by atoms with Gasteiger partial charge in [0.15, 0.2) is 0 Å². The fourth-order valence-corrected chi connectivity index (χ4v) is 2.16. The molecule has 82 valence electrons. The molecule has 0 aliphatic carbocycles. The van der Waals surface area contributed by atoms with Crippen molar-refractivity contribution in [3.05, 3.63) is 59.7 Å². The fourth-order valence-electron chi connectivity index (χ4n) is 1.58. The quantitative estimate of drug-likeness (QED) is 0.803. The van der Waals surface area contributed by atoms with Crippen LogP contribution in [0.5, 0.6) is 0 Å². The summed E-state index contributed by atoms with van der Waals surface area (Å²) in [5.41, 5.74) is 3.55. The molecule has 0 spiro atoms. The largest absolute Gasteiger partial charge is 0.264 e. The lowest BCUT2D eigenvalue weighted by Gasteiger charge is -2.10. The molecule has 0 radical (unpaired) electrons. The Balaban J connectivity index is 2.14. The summed E-state index contributed by atoms with van der Waals surface area (Å²) in [4.78, 5) is 8.79. The minimum absolute atomic E-state index is 0.273. The summed E-state index contributed by atoms with van der Waals surface area (Å²) in [5.74, 6) is 0. The van der Waals surface area contributed by atoms with Crippen molar-refractivity contribution in [2.45, 2.75) is 18.2 Å². The van der Waals surface area contributed by atoms with E-state index in [1.54, 1.807) is 6.20 Å². The highest BCUT2D eigenvalue weighted by Gasteiger charge is 2.10. The topological polar surface area (TPSA) is 25.8 Å². The van der Waals surface area contributed by atoms with Gasteiger partial charge in [0.25, 0.3) is 0 Å². The lowest BCUT2D eigenvalue weighted by molar-refractivity contribution is 0.886. The summed E-state index contributed by atoms with van der Waals surface area (Å²) in [6.07, 6.45) is 6.40. The van der Waals surface area contributed by atoms with Crippen LogP contribution in [0.3, 0.4) is 0 Å². The Labute approximate surface area is 104 Å². The van der Waals surface area contributed by atoms with Crippen molar-refractivity contribution in [1.29, 1.82) is 0 Å². The maximum absolute atomic E-state index is 4.39. The molecule has 2 aromatic heterocycles. The summed E-state index contributed by atoms with van der Waals surface area (Å²) >= 11 is 3.68. The molecule has 0 bridgehead atoms. The zero-order valence-electron chi connectivity index (χ0n) is 9.10. The van der Waals surface area contributed by atoms with Gasteiger partial charge in [-0.1, -0.05) is 28.1 Å². The third-order valence-electron chi connectivity index (χ3n) is 2.54. The highest BCUT2D eigenvalue weighted by atomic mass is 79.9. The van der Waals surface area contributed by atoms with E-state index in [-0.39, 0.29) is 4.83 Å². The maximum atomic E-state index is 4.39. The van der Waals surface area contributed by atoms with Gasteiger partial charge in [0.1, 0.15) is 0 Å². The predicted octanol–water partition coefficient (Wildman–Crippen LogP) is 3.46. The van der Waals surface area contributed by atoms with Crippen LogP contribution in [0.4, 0.5) is 0 Å². The molecular formula is C13H13BrN2. The van der Waals surface area contributed by atoms with Gasteiger partial charge in [0, 0.05) is 35.5 Å². The van der Waals surface area contributed by atoms with E-state index in [2.05, 4.69) is 45.0 Å². The smallest absolute Gasteiger partial charge is 0.0465 e. The van der Waals surface area contributed by atoms with E-state index >= 15 is 0 Å². The average Bonchev–Trinajstić information content (AvgIpc) is 2.33. The SMILES string of the molecule is Cc1cccnc1CC(Br)c1cccnc1. The molecule has 16 heavy (non-hydrogen) atoms. The molecule has 0 aliphatic rings. The van der Waals surface area contributed by atoms with Gasteiger partial charge < -0.3 is 0 Å². The fraction of sp³-hybridized carbons (Fsp3) is 0.231. The van der Waals surface area contributed by atoms with E-state index < -0.39 is 0 Å². The van der Waals surface area contributed by atoms with Gasteiger partial charge in [-0.25, -0.2) is 0 Å². The van der Waals surface area contributed by atoms with Gasteiger partial charge in [-0.15, -0.1) is 0 Å². The Kier molecular flexibility index (Phi) is 3.67. The monoisotopic (exact) mass is 276 g/mol. The van der Waals surface area contributed by atoms with Crippen molar-refractivity contribution in [3.8, 4) is 0 Å². The maximum Gasteiger partial charge on any atom is 0.0465 e. The first-order valence-corrected chi connectivity index (χ1v) is 6.13. The number of hydrogen-bond donors (Lipinski definition) is 0. The van der Waals surface area contributed by atoms with Gasteiger partial charge in [0.05, 0.1) is 0 Å². The molecular weight excluding hydrogens is 264 g/mol. The van der Waals surface area contributed by atoms with Gasteiger partial charge in [-0.3, -0.25) is 9.97 Å². The zero-order chi connectivity index (χ0) is 11.4. The molecule has 2 heterocycles. The summed E-state index contributed by atoms with van der Waals surface area (Å²) < 4.78 is 0. The second-order valence-electron chi connectivity index (χ2n) is 3.73. The number of hydrogen-bond acceptors (Lipinski definition) is 2. The van der Waals surface area contributed by atoms with Crippen LogP contribution < -0.4 is 0 Å². The third-order valence-corrected chi connectivity index (χ3v) is 3.39. The number of aromatic nitrogens is 2. The van der Waals surface area contributed by atoms with Crippen LogP contribution in [0.2, 0.25) is 0 Å². The number of halogens is 1. The van der Waals surface area contributed by atoms with Crippen LogP contribution in [-0.4, -0.2) is 9.97 Å². The van der Waals surface area contributed by atoms with Gasteiger partial charge in [-0.2, -0.15) is 0 Å². The standard InChI is InChI=1S/C13H13BrN2/c1-10-4-2-7-16-13(10)8-12(14)11-5-3-6-15-9-11/h2-7,9,12H,8H2,1H3. The van der Waals surface area contributed by atoms with E-state index in [0.717, 1.165) is 12.1 Å². The van der Waals surface area contributed by atoms with E-state index in [1.165, 1.54) is 11.1 Å². The molecule has 0 N–H and O–H groups in total. The zero-order valence-corrected chi connectivity index (χ0v) is 10.7. The van der Waals surface area contributed by atoms with E-state index in [4.69, 9.17) is 0 Å². The van der Waals surface area contributed by atoms with Crippen molar-refractivity contribution in [2.75, 3.05) is 0 Å². The summed E-state index contributed by atoms with van der Waals surface area (Å²) in [7, 11) is 0. The van der Waals surface area contributed by atoms with Crippen LogP contribution in [0.25, 0.3) is 0 Å². The second-order valence-corrected chi connectivity index (χ2v) is 4.83. The number of aryl methyl sites for hydroxylation is 1. The Morgan fingerprint density at radius 3 is 2.75 bits per heavy atom. The molecule has 2 nitrogen and oxygen atoms in total. The highest BCUT2D eigenvalue weighted by molar-refractivity contribution is 9.09. The summed E-state index contributed by atoms with van der Waals surface area (Å²) in [6, 6.07) is 8.08. The number of rotatable bonds is 3. The van der Waals surface area contributed by atoms with Gasteiger partial charge in [-0.05, 0) is 30.2 Å². The second kappa shape index (κ2) is 5.21. The molecule has 2 rings (SSSR count). The molecule has 3 heteroatoms. The first kappa shape index (κ1) is 11.3. The van der Waals surface area contributed by atoms with E-state index in [9.17, 15) is 0 Å². The molecule has 0 fully saturated rings. The highest BCUT2D eigenvalue weighted by Crippen LogP contribution is 2.26. The number of pyridine rings is 2. The van der Waals surface area contributed by atoms with Crippen LogP contribution in [0.1, 0.15) is 21.6 Å². The molecule has 0 aliphatic heterocycles. The van der Waals surface area contributed by atoms with Gasteiger partial charge >= 0.3 is 0 Å². The molecule has 2 aromatic rings. The van der Waals surface area contributed by atoms with Crippen LogP contribution >= 0.6 is 15.9 Å². The Morgan fingerprint density at radius 2 is 2.06 bits per heavy atom. The Hall–Kier alpha value is -1.22. The van der Waals surface area contributed by atoms with Crippen molar-refractivity contribution in [3.63, 3.8) is 0 Å². The van der Waals surface area contributed by atoms with Crippen molar-refractivity contribution in [1.82, 2.24) is 9.97 Å². The number of nitrogens with zero attached hydrogens (tertiary/aromatic N) is 2. The minimum Gasteiger partial charge on any atom is -0.264 e. The molecule has 0 aromatic carbocycles. The molecule has 0 saturated carbocycles. The van der Waals surface area contributed by atoms with Crippen LogP contribution in [-0.2, 0) is 6.42 Å². The first-order chi connectivity index (χ1) is 7.77. The van der Waals surface area contributed by atoms with Crippen molar-refractivity contribution in [2.24, 2.45) is 0 Å². The molecule has 0 saturated heterocycles. The van der Waals surface area contributed by atoms with Crippen molar-refractivity contribution >= 4 is 15.9 Å². The Morgan fingerprint density at radius 1 is 1.25 bits per heavy atom. The molecule has 1 atom stereocenters. The lowest BCUT2D eigenvalue weighted by Crippen LogP contribution is -2.00. The minimum atomic E-state index is 0.273. The summed E-state index contributed by atoms with van der Waals surface area (Å²) in [6.45, 7) is 2.09. The van der Waals surface area contributed by atoms with Gasteiger partial charge in [0.2, 0.25) is 0 Å². The lowest BCUT2D eigenvalue weighted by atomic mass is 10.1. The predicted molar refractivity (Wildman–Crippen MR) is 68.6 cm³/mol. The van der Waals surface area contributed by atoms with Crippen LogP contribution in [0, 0.1) is 6.92 Å². The number of alkyl halides is 1.